The number of aromatic nitrogens is 1. The first kappa shape index (κ1) is 10.9. The molecule has 16 heavy (non-hydrogen) atoms. The van der Waals surface area contributed by atoms with Gasteiger partial charge in [0, 0.05) is 18.8 Å². The van der Waals surface area contributed by atoms with Crippen LogP contribution in [-0.4, -0.2) is 28.6 Å². The molecule has 0 amide bonds. The fourth-order valence-corrected chi connectivity index (χ4v) is 2.33. The molecule has 1 aromatic heterocycles. The SMILES string of the molecule is CC[C@H]1CCCN1c1ncccc1C(=O)O. The molecule has 0 saturated carbocycles. The number of nitrogens with zero attached hydrogens (tertiary/aromatic N) is 2. The molecular formula is C12H16N2O2. The van der Waals surface area contributed by atoms with E-state index in [0.717, 1.165) is 25.8 Å². The third-order valence-corrected chi connectivity index (χ3v) is 3.14. The largest absolute Gasteiger partial charge is 0.478 e. The Morgan fingerprint density at radius 1 is 1.69 bits per heavy atom. The smallest absolute Gasteiger partial charge is 0.339 e. The number of aromatic carboxylic acids is 1. The summed E-state index contributed by atoms with van der Waals surface area (Å²) < 4.78 is 0. The van der Waals surface area contributed by atoms with E-state index in [1.807, 2.05) is 0 Å². The van der Waals surface area contributed by atoms with Crippen LogP contribution < -0.4 is 4.90 Å². The van der Waals surface area contributed by atoms with E-state index in [1.165, 1.54) is 0 Å². The Hall–Kier alpha value is -1.58. The second-order valence-electron chi connectivity index (χ2n) is 4.08. The van der Waals surface area contributed by atoms with Crippen LogP contribution in [-0.2, 0) is 0 Å². The molecule has 1 atom stereocenters. The molecule has 2 heterocycles. The van der Waals surface area contributed by atoms with Gasteiger partial charge in [0.2, 0.25) is 0 Å². The van der Waals surface area contributed by atoms with Gasteiger partial charge >= 0.3 is 5.97 Å². The van der Waals surface area contributed by atoms with Gasteiger partial charge in [-0.15, -0.1) is 0 Å². The molecule has 2 rings (SSSR count). The number of pyridine rings is 1. The minimum absolute atomic E-state index is 0.308. The maximum atomic E-state index is 11.1. The molecule has 1 N–H and O–H groups in total. The van der Waals surface area contributed by atoms with Gasteiger partial charge in [0.25, 0.3) is 0 Å². The predicted octanol–water partition coefficient (Wildman–Crippen LogP) is 2.16. The molecule has 1 aromatic rings. The summed E-state index contributed by atoms with van der Waals surface area (Å²) in [6.45, 7) is 3.04. The lowest BCUT2D eigenvalue weighted by atomic mass is 10.1. The van der Waals surface area contributed by atoms with Crippen molar-refractivity contribution in [2.24, 2.45) is 0 Å². The van der Waals surface area contributed by atoms with E-state index in [-0.39, 0.29) is 0 Å². The zero-order valence-corrected chi connectivity index (χ0v) is 9.39. The van der Waals surface area contributed by atoms with Gasteiger partial charge in [0.05, 0.1) is 0 Å². The predicted molar refractivity (Wildman–Crippen MR) is 61.9 cm³/mol. The Kier molecular flexibility index (Phi) is 3.08. The number of carboxylic acids is 1. The summed E-state index contributed by atoms with van der Waals surface area (Å²) >= 11 is 0. The molecule has 1 saturated heterocycles. The lowest BCUT2D eigenvalue weighted by Gasteiger charge is -2.25. The van der Waals surface area contributed by atoms with Crippen LogP contribution in [0.25, 0.3) is 0 Å². The quantitative estimate of drug-likeness (QED) is 0.848. The number of rotatable bonds is 3. The summed E-state index contributed by atoms with van der Waals surface area (Å²) in [6.07, 6.45) is 4.95. The zero-order chi connectivity index (χ0) is 11.5. The molecule has 4 heteroatoms. The second kappa shape index (κ2) is 4.51. The van der Waals surface area contributed by atoms with Crippen LogP contribution >= 0.6 is 0 Å². The highest BCUT2D eigenvalue weighted by Gasteiger charge is 2.27. The second-order valence-corrected chi connectivity index (χ2v) is 4.08. The van der Waals surface area contributed by atoms with E-state index in [2.05, 4.69) is 16.8 Å². The van der Waals surface area contributed by atoms with E-state index in [9.17, 15) is 4.79 Å². The van der Waals surface area contributed by atoms with Crippen molar-refractivity contribution in [1.82, 2.24) is 4.98 Å². The Morgan fingerprint density at radius 2 is 2.50 bits per heavy atom. The van der Waals surface area contributed by atoms with Crippen molar-refractivity contribution >= 4 is 11.8 Å². The fraction of sp³-hybridized carbons (Fsp3) is 0.500. The van der Waals surface area contributed by atoms with E-state index in [1.54, 1.807) is 18.3 Å². The standard InChI is InChI=1S/C12H16N2O2/c1-2-9-5-4-8-14(9)11-10(12(15)16)6-3-7-13-11/h3,6-7,9H,2,4-5,8H2,1H3,(H,15,16)/t9-/m0/s1. The third kappa shape index (κ3) is 1.87. The first-order chi connectivity index (χ1) is 7.74. The van der Waals surface area contributed by atoms with Gasteiger partial charge in [-0.05, 0) is 31.4 Å². The number of hydrogen-bond acceptors (Lipinski definition) is 3. The highest BCUT2D eigenvalue weighted by Crippen LogP contribution is 2.28. The van der Waals surface area contributed by atoms with Crippen molar-refractivity contribution in [1.29, 1.82) is 0 Å². The summed E-state index contributed by atoms with van der Waals surface area (Å²) in [6, 6.07) is 3.73. The molecule has 0 aliphatic carbocycles. The van der Waals surface area contributed by atoms with Crippen molar-refractivity contribution in [2.75, 3.05) is 11.4 Å². The molecule has 1 aliphatic heterocycles. The first-order valence-electron chi connectivity index (χ1n) is 5.69. The molecule has 4 nitrogen and oxygen atoms in total. The number of hydrogen-bond donors (Lipinski definition) is 1. The fourth-order valence-electron chi connectivity index (χ4n) is 2.33. The monoisotopic (exact) mass is 220 g/mol. The number of carboxylic acid groups (broad SMARTS) is 1. The summed E-state index contributed by atoms with van der Waals surface area (Å²) in [5, 5.41) is 9.12. The van der Waals surface area contributed by atoms with Crippen molar-refractivity contribution in [2.45, 2.75) is 32.2 Å². The van der Waals surface area contributed by atoms with Crippen LogP contribution in [0.2, 0.25) is 0 Å². The summed E-state index contributed by atoms with van der Waals surface area (Å²) in [7, 11) is 0. The molecule has 0 radical (unpaired) electrons. The van der Waals surface area contributed by atoms with Crippen molar-refractivity contribution in [3.8, 4) is 0 Å². The van der Waals surface area contributed by atoms with E-state index in [4.69, 9.17) is 5.11 Å². The van der Waals surface area contributed by atoms with Gasteiger partial charge in [-0.2, -0.15) is 0 Å². The van der Waals surface area contributed by atoms with Crippen molar-refractivity contribution < 1.29 is 9.90 Å². The van der Waals surface area contributed by atoms with Crippen molar-refractivity contribution in [3.05, 3.63) is 23.9 Å². The van der Waals surface area contributed by atoms with Crippen LogP contribution in [0.4, 0.5) is 5.82 Å². The minimum atomic E-state index is -0.898. The molecular weight excluding hydrogens is 204 g/mol. The lowest BCUT2D eigenvalue weighted by Crippen LogP contribution is -2.30. The molecule has 1 aliphatic rings. The Bertz CT molecular complexity index is 392. The van der Waals surface area contributed by atoms with Crippen LogP contribution in [0.1, 0.15) is 36.5 Å². The summed E-state index contributed by atoms with van der Waals surface area (Å²) in [5.41, 5.74) is 0.308. The van der Waals surface area contributed by atoms with Crippen LogP contribution in [0.3, 0.4) is 0 Å². The van der Waals surface area contributed by atoms with E-state index < -0.39 is 5.97 Å². The molecule has 0 spiro atoms. The van der Waals surface area contributed by atoms with Crippen LogP contribution in [0, 0.1) is 0 Å². The van der Waals surface area contributed by atoms with Crippen LogP contribution in [0.15, 0.2) is 18.3 Å². The number of carbonyl (C=O) groups is 1. The Labute approximate surface area is 94.9 Å². The average Bonchev–Trinajstić information content (AvgIpc) is 2.76. The normalized spacial score (nSPS) is 20.1. The highest BCUT2D eigenvalue weighted by molar-refractivity contribution is 5.93. The van der Waals surface area contributed by atoms with Gasteiger partial charge in [-0.3, -0.25) is 0 Å². The Morgan fingerprint density at radius 3 is 3.19 bits per heavy atom. The molecule has 0 unspecified atom stereocenters. The minimum Gasteiger partial charge on any atom is -0.478 e. The summed E-state index contributed by atoms with van der Waals surface area (Å²) in [4.78, 5) is 17.5. The lowest BCUT2D eigenvalue weighted by molar-refractivity contribution is 0.0697. The molecule has 0 bridgehead atoms. The van der Waals surface area contributed by atoms with Gasteiger partial charge in [0.1, 0.15) is 11.4 Å². The maximum absolute atomic E-state index is 11.1. The molecule has 0 aromatic carbocycles. The average molecular weight is 220 g/mol. The van der Waals surface area contributed by atoms with Gasteiger partial charge < -0.3 is 10.0 Å². The Balaban J connectivity index is 2.35. The molecule has 86 valence electrons. The highest BCUT2D eigenvalue weighted by atomic mass is 16.4. The summed E-state index contributed by atoms with van der Waals surface area (Å²) in [5.74, 6) is -0.274. The van der Waals surface area contributed by atoms with Crippen molar-refractivity contribution in [3.63, 3.8) is 0 Å². The topological polar surface area (TPSA) is 53.4 Å². The maximum Gasteiger partial charge on any atom is 0.339 e. The van der Waals surface area contributed by atoms with Crippen LogP contribution in [0.5, 0.6) is 0 Å². The van der Waals surface area contributed by atoms with Gasteiger partial charge in [-0.1, -0.05) is 6.92 Å². The van der Waals surface area contributed by atoms with E-state index in [0.29, 0.717) is 17.4 Å². The van der Waals surface area contributed by atoms with Gasteiger partial charge in [-0.25, -0.2) is 9.78 Å². The third-order valence-electron chi connectivity index (χ3n) is 3.14. The zero-order valence-electron chi connectivity index (χ0n) is 9.39. The number of anilines is 1. The van der Waals surface area contributed by atoms with Gasteiger partial charge in [0.15, 0.2) is 0 Å². The first-order valence-corrected chi connectivity index (χ1v) is 5.69. The molecule has 1 fully saturated rings. The van der Waals surface area contributed by atoms with E-state index >= 15 is 0 Å².